The third-order valence-corrected chi connectivity index (χ3v) is 16.8. The fraction of sp³-hybridized carbons (Fsp3) is 0. The van der Waals surface area contributed by atoms with E-state index in [4.69, 9.17) is 0 Å². The Hall–Kier alpha value is -10.1. The van der Waals surface area contributed by atoms with Gasteiger partial charge >= 0.3 is 0 Å². The summed E-state index contributed by atoms with van der Waals surface area (Å²) in [7, 11) is 0. The molecule has 0 aliphatic rings. The summed E-state index contributed by atoms with van der Waals surface area (Å²) in [4.78, 5) is 0. The van der Waals surface area contributed by atoms with E-state index in [0.29, 0.717) is 0 Å². The van der Waals surface area contributed by atoms with E-state index in [0.717, 1.165) is 0 Å². The molecule has 0 aromatic heterocycles. The Morgan fingerprint density at radius 3 is 0.705 bits per heavy atom. The molecule has 0 heteroatoms. The highest BCUT2D eigenvalue weighted by Crippen LogP contribution is 2.51. The van der Waals surface area contributed by atoms with E-state index in [1.54, 1.807) is 0 Å². The summed E-state index contributed by atoms with van der Waals surface area (Å²) in [5.74, 6) is 0. The first-order valence-electron chi connectivity index (χ1n) is 27.2. The Morgan fingerprint density at radius 2 is 0.385 bits per heavy atom. The van der Waals surface area contributed by atoms with Crippen LogP contribution in [0, 0.1) is 0 Å². The molecule has 0 unspecified atom stereocenters. The molecule has 0 N–H and O–H groups in total. The summed E-state index contributed by atoms with van der Waals surface area (Å²) >= 11 is 0. The summed E-state index contributed by atoms with van der Waals surface area (Å²) in [5.41, 5.74) is 14.9. The molecular weight excluding hydrogens is 937 g/mol. The zero-order chi connectivity index (χ0) is 51.3. The van der Waals surface area contributed by atoms with Crippen molar-refractivity contribution < 1.29 is 0 Å². The van der Waals surface area contributed by atoms with Gasteiger partial charge in [0.2, 0.25) is 0 Å². The predicted molar refractivity (Wildman–Crippen MR) is 337 cm³/mol. The molecule has 0 fully saturated rings. The standard InChI is InChI=1S/C78H48/c1-3-21-49(22-4-1)71-45-51-39-41-53(47-73(51)59-29-11-9-27-57(59)71)75-61-31-13-17-35-65(61)77(66-36-18-14-32-62(66)75)69-43-44-70(56-26-8-7-25-55(56)69)78-67-37-19-15-33-63(67)76(64-34-16-20-38-68(64)78)54-42-40-52-46-72(50-23-5-2-6-24-50)58-28-10-12-30-60(58)74(52)48-54/h1-48H. The van der Waals surface area contributed by atoms with Crippen molar-refractivity contribution in [3.05, 3.63) is 291 Å². The number of rotatable bonds is 6. The lowest BCUT2D eigenvalue weighted by molar-refractivity contribution is 1.66. The molecule has 0 nitrogen and oxygen atoms in total. The van der Waals surface area contributed by atoms with Crippen molar-refractivity contribution in [2.24, 2.45) is 0 Å². The Labute approximate surface area is 452 Å². The number of benzene rings is 16. The Bertz CT molecular complexity index is 4680. The lowest BCUT2D eigenvalue weighted by atomic mass is 9.81. The monoisotopic (exact) mass is 984 g/mol. The number of hydrogen-bond acceptors (Lipinski definition) is 0. The van der Waals surface area contributed by atoms with Crippen LogP contribution in [0.15, 0.2) is 291 Å². The predicted octanol–water partition coefficient (Wildman–Crippen LogP) is 22.1. The van der Waals surface area contributed by atoms with Crippen molar-refractivity contribution in [3.63, 3.8) is 0 Å². The maximum atomic E-state index is 2.44. The van der Waals surface area contributed by atoms with Gasteiger partial charge in [-0.1, -0.05) is 267 Å². The van der Waals surface area contributed by atoms with Crippen LogP contribution < -0.4 is 0 Å². The molecule has 0 bridgehead atoms. The largest absolute Gasteiger partial charge is 0.0622 e. The van der Waals surface area contributed by atoms with Gasteiger partial charge in [0, 0.05) is 0 Å². The Kier molecular flexibility index (Phi) is 10.0. The van der Waals surface area contributed by atoms with Gasteiger partial charge in [-0.3, -0.25) is 0 Å². The van der Waals surface area contributed by atoms with Gasteiger partial charge < -0.3 is 0 Å². The van der Waals surface area contributed by atoms with Gasteiger partial charge in [0.1, 0.15) is 0 Å². The van der Waals surface area contributed by atoms with Gasteiger partial charge in [-0.25, -0.2) is 0 Å². The quantitative estimate of drug-likeness (QED) is 0.115. The van der Waals surface area contributed by atoms with E-state index in [-0.39, 0.29) is 0 Å². The summed E-state index contributed by atoms with van der Waals surface area (Å²) in [6.45, 7) is 0. The van der Waals surface area contributed by atoms with E-state index in [9.17, 15) is 0 Å². The minimum absolute atomic E-state index is 1.22. The van der Waals surface area contributed by atoms with Crippen LogP contribution in [0.1, 0.15) is 0 Å². The molecule has 16 rings (SSSR count). The summed E-state index contributed by atoms with van der Waals surface area (Å²) in [6.07, 6.45) is 0. The van der Waals surface area contributed by atoms with Crippen LogP contribution in [-0.4, -0.2) is 0 Å². The minimum Gasteiger partial charge on any atom is -0.0622 e. The van der Waals surface area contributed by atoms with E-state index in [2.05, 4.69) is 291 Å². The molecule has 78 heavy (non-hydrogen) atoms. The summed E-state index contributed by atoms with van der Waals surface area (Å²) < 4.78 is 0. The smallest absolute Gasteiger partial charge is 0.00201 e. The first-order valence-corrected chi connectivity index (χ1v) is 27.2. The van der Waals surface area contributed by atoms with Crippen LogP contribution in [0.25, 0.3) is 164 Å². The molecule has 0 aliphatic heterocycles. The molecule has 0 atom stereocenters. The van der Waals surface area contributed by atoms with Crippen molar-refractivity contribution in [2.45, 2.75) is 0 Å². The van der Waals surface area contributed by atoms with Crippen molar-refractivity contribution in [3.8, 4) is 66.8 Å². The Morgan fingerprint density at radius 1 is 0.128 bits per heavy atom. The molecule has 0 saturated carbocycles. The average molecular weight is 985 g/mol. The van der Waals surface area contributed by atoms with Crippen LogP contribution >= 0.6 is 0 Å². The molecular formula is C78H48. The SMILES string of the molecule is c1ccc(-c2cc3ccc(-c4c5ccccc5c(-c5ccc(-c6c7ccccc7c(-c7ccc8cc(-c9ccccc9)c9ccccc9c8c7)c7ccccc67)c6ccccc56)c5ccccc45)cc3c3ccccc23)cc1. The van der Waals surface area contributed by atoms with Crippen molar-refractivity contribution in [2.75, 3.05) is 0 Å². The molecule has 16 aromatic carbocycles. The lowest BCUT2D eigenvalue weighted by Gasteiger charge is -2.22. The molecule has 0 radical (unpaired) electrons. The highest BCUT2D eigenvalue weighted by Gasteiger charge is 2.23. The molecule has 0 heterocycles. The van der Waals surface area contributed by atoms with Crippen LogP contribution in [0.5, 0.6) is 0 Å². The first-order chi connectivity index (χ1) is 38.7. The van der Waals surface area contributed by atoms with Crippen LogP contribution in [-0.2, 0) is 0 Å². The van der Waals surface area contributed by atoms with E-state index in [1.165, 1.54) is 164 Å². The second kappa shape index (κ2) is 17.7. The zero-order valence-electron chi connectivity index (χ0n) is 42.7. The second-order valence-corrected chi connectivity index (χ2v) is 20.9. The molecule has 0 amide bonds. The van der Waals surface area contributed by atoms with E-state index >= 15 is 0 Å². The Balaban J connectivity index is 0.891. The topological polar surface area (TPSA) is 0 Å². The number of fused-ring (bicyclic) bond motifs is 11. The van der Waals surface area contributed by atoms with Gasteiger partial charge in [0.15, 0.2) is 0 Å². The molecule has 0 aliphatic carbocycles. The van der Waals surface area contributed by atoms with Crippen molar-refractivity contribution in [1.29, 1.82) is 0 Å². The van der Waals surface area contributed by atoms with Gasteiger partial charge in [-0.2, -0.15) is 0 Å². The minimum atomic E-state index is 1.22. The molecule has 360 valence electrons. The third kappa shape index (κ3) is 6.80. The van der Waals surface area contributed by atoms with Gasteiger partial charge in [0.05, 0.1) is 0 Å². The fourth-order valence-corrected chi connectivity index (χ4v) is 13.4. The lowest BCUT2D eigenvalue weighted by Crippen LogP contribution is -1.94. The van der Waals surface area contributed by atoms with Crippen LogP contribution in [0.2, 0.25) is 0 Å². The van der Waals surface area contributed by atoms with Gasteiger partial charge in [0.25, 0.3) is 0 Å². The van der Waals surface area contributed by atoms with Crippen molar-refractivity contribution in [1.82, 2.24) is 0 Å². The van der Waals surface area contributed by atoms with Gasteiger partial charge in [-0.15, -0.1) is 0 Å². The maximum Gasteiger partial charge on any atom is -0.00201 e. The van der Waals surface area contributed by atoms with Crippen LogP contribution in [0.3, 0.4) is 0 Å². The average Bonchev–Trinajstić information content (AvgIpc) is 3.55. The van der Waals surface area contributed by atoms with Crippen LogP contribution in [0.4, 0.5) is 0 Å². The fourth-order valence-electron chi connectivity index (χ4n) is 13.4. The van der Waals surface area contributed by atoms with E-state index < -0.39 is 0 Å². The first kappa shape index (κ1) is 44.2. The van der Waals surface area contributed by atoms with E-state index in [1.807, 2.05) is 0 Å². The zero-order valence-corrected chi connectivity index (χ0v) is 42.7. The van der Waals surface area contributed by atoms with Crippen molar-refractivity contribution >= 4 is 97.0 Å². The van der Waals surface area contributed by atoms with Gasteiger partial charge in [-0.05, 0) is 188 Å². The number of hydrogen-bond donors (Lipinski definition) is 0. The highest BCUT2D eigenvalue weighted by atomic mass is 14.3. The summed E-state index contributed by atoms with van der Waals surface area (Å²) in [5, 5.41) is 22.5. The molecule has 16 aromatic rings. The maximum absolute atomic E-state index is 2.44. The third-order valence-electron chi connectivity index (χ3n) is 16.8. The highest BCUT2D eigenvalue weighted by molar-refractivity contribution is 6.28. The molecule has 0 saturated heterocycles. The normalized spacial score (nSPS) is 11.8. The second-order valence-electron chi connectivity index (χ2n) is 20.9. The molecule has 0 spiro atoms. The summed E-state index contributed by atoms with van der Waals surface area (Å²) in [6, 6.07) is 109.